The largest absolute Gasteiger partial charge is 0.449 e. The fourth-order valence-electron chi connectivity index (χ4n) is 3.40. The summed E-state index contributed by atoms with van der Waals surface area (Å²) in [5, 5.41) is 9.28. The summed E-state index contributed by atoms with van der Waals surface area (Å²) in [5.41, 5.74) is 4.72. The standard InChI is InChI=1S/C26H29N3O5S/c1-15-9-8-10-16(2)24(15)28-23(30)13-27-25(31)19(5)33-26(32)20-11-6-7-12-22(20)35-14-21-17(3)29-34-18(21)4/h6-12,19H,13-14H2,1-5H3,(H,27,31)(H,28,30). The molecular weight excluding hydrogens is 466 g/mol. The molecule has 1 unspecified atom stereocenters. The fourth-order valence-corrected chi connectivity index (χ4v) is 4.60. The summed E-state index contributed by atoms with van der Waals surface area (Å²) in [6.07, 6.45) is -1.07. The van der Waals surface area contributed by atoms with Crippen LogP contribution in [0, 0.1) is 27.7 Å². The Balaban J connectivity index is 1.55. The summed E-state index contributed by atoms with van der Waals surface area (Å²) in [6, 6.07) is 12.7. The first-order valence-corrected chi connectivity index (χ1v) is 12.1. The van der Waals surface area contributed by atoms with Crippen LogP contribution in [0.25, 0.3) is 0 Å². The van der Waals surface area contributed by atoms with Gasteiger partial charge in [-0.2, -0.15) is 0 Å². The minimum atomic E-state index is -1.07. The molecule has 3 aromatic rings. The predicted molar refractivity (Wildman–Crippen MR) is 134 cm³/mol. The maximum Gasteiger partial charge on any atom is 0.340 e. The first-order valence-electron chi connectivity index (χ1n) is 11.2. The Morgan fingerprint density at radius 3 is 2.37 bits per heavy atom. The van der Waals surface area contributed by atoms with Gasteiger partial charge in [-0.3, -0.25) is 9.59 Å². The van der Waals surface area contributed by atoms with Crippen molar-refractivity contribution >= 4 is 35.2 Å². The predicted octanol–water partition coefficient (Wildman–Crippen LogP) is 4.50. The van der Waals surface area contributed by atoms with E-state index in [9.17, 15) is 14.4 Å². The molecule has 8 nitrogen and oxygen atoms in total. The molecule has 1 atom stereocenters. The van der Waals surface area contributed by atoms with Gasteiger partial charge in [-0.05, 0) is 57.9 Å². The van der Waals surface area contributed by atoms with Crippen molar-refractivity contribution in [1.29, 1.82) is 0 Å². The number of esters is 1. The molecule has 0 saturated heterocycles. The van der Waals surface area contributed by atoms with Crippen LogP contribution in [0.4, 0.5) is 5.69 Å². The number of hydrogen-bond donors (Lipinski definition) is 2. The first kappa shape index (κ1) is 26.0. The lowest BCUT2D eigenvalue weighted by Gasteiger charge is -2.15. The highest BCUT2D eigenvalue weighted by molar-refractivity contribution is 7.98. The number of amides is 2. The number of rotatable bonds is 9. The maximum absolute atomic E-state index is 12.8. The number of ether oxygens (including phenoxy) is 1. The SMILES string of the molecule is Cc1cccc(C)c1NC(=O)CNC(=O)C(C)OC(=O)c1ccccc1SCc1c(C)noc1C. The number of nitrogens with zero attached hydrogens (tertiary/aromatic N) is 1. The molecule has 2 amide bonds. The number of hydrogen-bond acceptors (Lipinski definition) is 7. The van der Waals surface area contributed by atoms with E-state index in [0.717, 1.165) is 38.7 Å². The summed E-state index contributed by atoms with van der Waals surface area (Å²) >= 11 is 1.46. The van der Waals surface area contributed by atoms with Crippen LogP contribution in [-0.2, 0) is 20.1 Å². The Labute approximate surface area is 208 Å². The average molecular weight is 496 g/mol. The van der Waals surface area contributed by atoms with E-state index in [1.165, 1.54) is 18.7 Å². The van der Waals surface area contributed by atoms with Crippen molar-refractivity contribution in [3.8, 4) is 0 Å². The van der Waals surface area contributed by atoms with Gasteiger partial charge in [-0.1, -0.05) is 35.5 Å². The zero-order chi connectivity index (χ0) is 25.5. The molecule has 2 N–H and O–H groups in total. The quantitative estimate of drug-likeness (QED) is 0.332. The molecule has 0 radical (unpaired) electrons. The van der Waals surface area contributed by atoms with Crippen molar-refractivity contribution < 1.29 is 23.6 Å². The van der Waals surface area contributed by atoms with Gasteiger partial charge in [0.05, 0.1) is 17.8 Å². The van der Waals surface area contributed by atoms with E-state index in [1.807, 2.05) is 58.0 Å². The number of benzene rings is 2. The van der Waals surface area contributed by atoms with Gasteiger partial charge in [-0.25, -0.2) is 4.79 Å². The summed E-state index contributed by atoms with van der Waals surface area (Å²) in [5.74, 6) is -0.223. The van der Waals surface area contributed by atoms with Crippen LogP contribution in [0.15, 0.2) is 51.9 Å². The number of aromatic nitrogens is 1. The van der Waals surface area contributed by atoms with Gasteiger partial charge < -0.3 is 19.9 Å². The molecule has 0 aliphatic heterocycles. The van der Waals surface area contributed by atoms with Crippen LogP contribution >= 0.6 is 11.8 Å². The number of carbonyl (C=O) groups is 3. The molecule has 0 fully saturated rings. The molecule has 1 heterocycles. The molecule has 35 heavy (non-hydrogen) atoms. The van der Waals surface area contributed by atoms with Gasteiger partial charge in [0.25, 0.3) is 5.91 Å². The summed E-state index contributed by atoms with van der Waals surface area (Å²) < 4.78 is 10.6. The molecule has 2 aromatic carbocycles. The van der Waals surface area contributed by atoms with Crippen molar-refractivity contribution in [1.82, 2.24) is 10.5 Å². The third-order valence-electron chi connectivity index (χ3n) is 5.48. The summed E-state index contributed by atoms with van der Waals surface area (Å²) in [7, 11) is 0. The molecule has 0 aliphatic carbocycles. The lowest BCUT2D eigenvalue weighted by molar-refractivity contribution is -0.130. The van der Waals surface area contributed by atoms with E-state index in [0.29, 0.717) is 11.3 Å². The van der Waals surface area contributed by atoms with Crippen LogP contribution in [0.2, 0.25) is 0 Å². The molecular formula is C26H29N3O5S. The third-order valence-corrected chi connectivity index (χ3v) is 6.58. The zero-order valence-electron chi connectivity index (χ0n) is 20.4. The van der Waals surface area contributed by atoms with E-state index < -0.39 is 18.0 Å². The van der Waals surface area contributed by atoms with Crippen LogP contribution in [0.1, 0.15) is 45.4 Å². The number of carbonyl (C=O) groups excluding carboxylic acids is 3. The normalized spacial score (nSPS) is 11.6. The Bertz CT molecular complexity index is 1200. The minimum absolute atomic E-state index is 0.238. The second-order valence-electron chi connectivity index (χ2n) is 8.17. The maximum atomic E-state index is 12.8. The average Bonchev–Trinajstić information content (AvgIpc) is 3.15. The molecule has 0 aliphatic rings. The van der Waals surface area contributed by atoms with Gasteiger partial charge in [0.2, 0.25) is 5.91 Å². The smallest absolute Gasteiger partial charge is 0.340 e. The highest BCUT2D eigenvalue weighted by atomic mass is 32.2. The second-order valence-corrected chi connectivity index (χ2v) is 9.19. The van der Waals surface area contributed by atoms with Gasteiger partial charge in [0.1, 0.15) is 5.76 Å². The minimum Gasteiger partial charge on any atom is -0.449 e. The zero-order valence-corrected chi connectivity index (χ0v) is 21.2. The van der Waals surface area contributed by atoms with E-state index >= 15 is 0 Å². The fraction of sp³-hybridized carbons (Fsp3) is 0.308. The molecule has 184 valence electrons. The van der Waals surface area contributed by atoms with Crippen molar-refractivity contribution in [2.75, 3.05) is 11.9 Å². The van der Waals surface area contributed by atoms with Crippen LogP contribution in [0.3, 0.4) is 0 Å². The third kappa shape index (κ3) is 6.73. The Morgan fingerprint density at radius 2 is 1.71 bits per heavy atom. The number of para-hydroxylation sites is 1. The van der Waals surface area contributed by atoms with E-state index in [-0.39, 0.29) is 12.5 Å². The van der Waals surface area contributed by atoms with E-state index in [2.05, 4.69) is 15.8 Å². The number of aryl methyl sites for hydroxylation is 4. The molecule has 0 saturated carbocycles. The topological polar surface area (TPSA) is 111 Å². The Hall–Kier alpha value is -3.59. The lowest BCUT2D eigenvalue weighted by Crippen LogP contribution is -2.40. The van der Waals surface area contributed by atoms with Crippen molar-refractivity contribution in [3.05, 3.63) is 76.2 Å². The van der Waals surface area contributed by atoms with Crippen molar-refractivity contribution in [3.63, 3.8) is 0 Å². The highest BCUT2D eigenvalue weighted by Crippen LogP contribution is 2.29. The monoisotopic (exact) mass is 495 g/mol. The van der Waals surface area contributed by atoms with Gasteiger partial charge in [0, 0.05) is 21.9 Å². The molecule has 1 aromatic heterocycles. The molecule has 0 spiro atoms. The van der Waals surface area contributed by atoms with E-state index in [1.54, 1.807) is 12.1 Å². The van der Waals surface area contributed by atoms with Crippen LogP contribution < -0.4 is 10.6 Å². The summed E-state index contributed by atoms with van der Waals surface area (Å²) in [4.78, 5) is 38.3. The van der Waals surface area contributed by atoms with Crippen LogP contribution in [-0.4, -0.2) is 35.6 Å². The van der Waals surface area contributed by atoms with Gasteiger partial charge in [-0.15, -0.1) is 11.8 Å². The van der Waals surface area contributed by atoms with E-state index in [4.69, 9.17) is 9.26 Å². The van der Waals surface area contributed by atoms with Gasteiger partial charge in [0.15, 0.2) is 6.10 Å². The highest BCUT2D eigenvalue weighted by Gasteiger charge is 2.22. The van der Waals surface area contributed by atoms with Gasteiger partial charge >= 0.3 is 5.97 Å². The first-order chi connectivity index (χ1) is 16.7. The number of anilines is 1. The lowest BCUT2D eigenvalue weighted by atomic mass is 10.1. The molecule has 3 rings (SSSR count). The Kier molecular flexibility index (Phi) is 8.70. The molecule has 9 heteroatoms. The Morgan fingerprint density at radius 1 is 1.03 bits per heavy atom. The van der Waals surface area contributed by atoms with Crippen molar-refractivity contribution in [2.24, 2.45) is 0 Å². The summed E-state index contributed by atoms with van der Waals surface area (Å²) in [6.45, 7) is 8.74. The van der Waals surface area contributed by atoms with Crippen molar-refractivity contribution in [2.45, 2.75) is 51.4 Å². The number of thioether (sulfide) groups is 1. The second kappa shape index (κ2) is 11.7. The molecule has 0 bridgehead atoms. The van der Waals surface area contributed by atoms with Crippen LogP contribution in [0.5, 0.6) is 0 Å². The number of nitrogens with one attached hydrogen (secondary N) is 2.